The van der Waals surface area contributed by atoms with Gasteiger partial charge in [0.2, 0.25) is 0 Å². The Morgan fingerprint density at radius 3 is 2.48 bits per heavy atom. The van der Waals surface area contributed by atoms with Gasteiger partial charge >= 0.3 is 0 Å². The van der Waals surface area contributed by atoms with Crippen molar-refractivity contribution < 1.29 is 0 Å². The predicted molar refractivity (Wildman–Crippen MR) is 143 cm³/mol. The summed E-state index contributed by atoms with van der Waals surface area (Å²) >= 11 is 1.79. The van der Waals surface area contributed by atoms with E-state index in [1.165, 1.54) is 37.7 Å². The molecule has 2 aromatic carbocycles. The van der Waals surface area contributed by atoms with Crippen molar-refractivity contribution in [2.45, 2.75) is 46.5 Å². The van der Waals surface area contributed by atoms with Gasteiger partial charge in [-0.15, -0.1) is 11.3 Å². The number of rotatable bonds is 4. The third-order valence-electron chi connectivity index (χ3n) is 6.21. The molecule has 0 aliphatic rings. The highest BCUT2D eigenvalue weighted by Crippen LogP contribution is 2.37. The van der Waals surface area contributed by atoms with Crippen molar-refractivity contribution in [1.29, 1.82) is 0 Å². The molecular formula is C30H30N2S. The van der Waals surface area contributed by atoms with E-state index in [-0.39, 0.29) is 5.41 Å². The van der Waals surface area contributed by atoms with Gasteiger partial charge in [-0.2, -0.15) is 0 Å². The van der Waals surface area contributed by atoms with E-state index in [4.69, 9.17) is 9.97 Å². The Bertz CT molecular complexity index is 1450. The molecule has 0 aliphatic heterocycles. The minimum Gasteiger partial charge on any atom is -0.259 e. The molecule has 0 N–H and O–H groups in total. The van der Waals surface area contributed by atoms with Crippen LogP contribution in [0, 0.1) is 5.92 Å². The monoisotopic (exact) mass is 450 g/mol. The fourth-order valence-corrected chi connectivity index (χ4v) is 5.53. The van der Waals surface area contributed by atoms with Crippen molar-refractivity contribution in [2.24, 2.45) is 5.92 Å². The molecule has 0 amide bonds. The normalized spacial score (nSPS) is 12.2. The molecule has 0 saturated carbocycles. The first-order chi connectivity index (χ1) is 15.8. The van der Waals surface area contributed by atoms with E-state index >= 15 is 0 Å². The van der Waals surface area contributed by atoms with E-state index in [2.05, 4.69) is 94.6 Å². The Labute approximate surface area is 200 Å². The Morgan fingerprint density at radius 1 is 0.879 bits per heavy atom. The maximum atomic E-state index is 4.88. The highest BCUT2D eigenvalue weighted by molar-refractivity contribution is 7.17. The number of fused-ring (bicyclic) bond motifs is 2. The molecule has 33 heavy (non-hydrogen) atoms. The molecule has 0 aliphatic carbocycles. The van der Waals surface area contributed by atoms with Crippen molar-refractivity contribution in [1.82, 2.24) is 9.97 Å². The molecule has 0 radical (unpaired) electrons. The van der Waals surface area contributed by atoms with Gasteiger partial charge < -0.3 is 0 Å². The molecule has 0 saturated heterocycles. The van der Waals surface area contributed by atoms with Gasteiger partial charge in [-0.3, -0.25) is 9.97 Å². The number of hydrogen-bond acceptors (Lipinski definition) is 3. The highest BCUT2D eigenvalue weighted by Gasteiger charge is 2.19. The lowest BCUT2D eigenvalue weighted by Crippen LogP contribution is -2.12. The van der Waals surface area contributed by atoms with Crippen molar-refractivity contribution in [3.8, 4) is 22.4 Å². The van der Waals surface area contributed by atoms with Gasteiger partial charge in [0.25, 0.3) is 0 Å². The van der Waals surface area contributed by atoms with Gasteiger partial charge in [0.05, 0.1) is 16.1 Å². The van der Waals surface area contributed by atoms with Crippen LogP contribution in [0.15, 0.2) is 72.4 Å². The second kappa shape index (κ2) is 8.39. The Morgan fingerprint density at radius 2 is 1.70 bits per heavy atom. The molecule has 5 aromatic rings. The number of thiophene rings is 1. The lowest BCUT2D eigenvalue weighted by molar-refractivity contribution is 0.596. The number of pyridine rings is 2. The van der Waals surface area contributed by atoms with Crippen LogP contribution in [0.4, 0.5) is 0 Å². The average molecular weight is 451 g/mol. The van der Waals surface area contributed by atoms with Crippen molar-refractivity contribution >= 4 is 32.2 Å². The molecule has 0 spiro atoms. The van der Waals surface area contributed by atoms with Crippen LogP contribution in [-0.4, -0.2) is 9.97 Å². The van der Waals surface area contributed by atoms with Crippen LogP contribution in [0.2, 0.25) is 0 Å². The van der Waals surface area contributed by atoms with E-state index in [9.17, 15) is 0 Å². The summed E-state index contributed by atoms with van der Waals surface area (Å²) in [4.78, 5) is 9.65. The van der Waals surface area contributed by atoms with E-state index in [1.807, 2.05) is 12.4 Å². The number of hydrogen-bond donors (Lipinski definition) is 0. The zero-order chi connectivity index (χ0) is 23.2. The molecule has 0 bridgehead atoms. The lowest BCUT2D eigenvalue weighted by atomic mass is 9.82. The summed E-state index contributed by atoms with van der Waals surface area (Å²) in [6.07, 6.45) is 4.98. The van der Waals surface area contributed by atoms with Gasteiger partial charge in [-0.25, -0.2) is 0 Å². The molecule has 0 unspecified atom stereocenters. The van der Waals surface area contributed by atoms with Crippen LogP contribution in [0.1, 0.15) is 45.9 Å². The molecule has 2 nitrogen and oxygen atoms in total. The van der Waals surface area contributed by atoms with Crippen LogP contribution >= 0.6 is 11.3 Å². The molecule has 5 rings (SSSR count). The Hall–Kier alpha value is -3.04. The minimum atomic E-state index is 0.0478. The number of nitrogens with zero attached hydrogens (tertiary/aromatic N) is 2. The Kier molecular flexibility index (Phi) is 5.54. The minimum absolute atomic E-state index is 0.0478. The van der Waals surface area contributed by atoms with Crippen molar-refractivity contribution in [2.75, 3.05) is 0 Å². The maximum Gasteiger partial charge on any atom is 0.0708 e. The average Bonchev–Trinajstić information content (AvgIpc) is 3.28. The quantitative estimate of drug-likeness (QED) is 0.274. The van der Waals surface area contributed by atoms with E-state index in [0.717, 1.165) is 23.2 Å². The second-order valence-electron chi connectivity index (χ2n) is 10.3. The fourth-order valence-electron chi connectivity index (χ4n) is 4.61. The standard InChI is InChI=1S/C30H30N2S/c1-19(2)14-28-29-24(11-13-33-29)25(18-32-28)21-10-12-31-27(17-21)22-15-20-8-6-7-9-23(20)26(16-22)30(3,4)5/h6-13,15-19H,14H2,1-5H3. The van der Waals surface area contributed by atoms with Crippen molar-refractivity contribution in [3.05, 3.63) is 83.6 Å². The summed E-state index contributed by atoms with van der Waals surface area (Å²) < 4.78 is 1.31. The van der Waals surface area contributed by atoms with Crippen molar-refractivity contribution in [3.63, 3.8) is 0 Å². The predicted octanol–water partition coefficient (Wildman–Crippen LogP) is 8.67. The molecule has 0 fully saturated rings. The highest BCUT2D eigenvalue weighted by atomic mass is 32.1. The van der Waals surface area contributed by atoms with E-state index in [1.54, 1.807) is 11.3 Å². The van der Waals surface area contributed by atoms with Gasteiger partial charge in [-0.1, -0.05) is 58.9 Å². The maximum absolute atomic E-state index is 4.88. The molecule has 166 valence electrons. The zero-order valence-electron chi connectivity index (χ0n) is 20.0. The second-order valence-corrected chi connectivity index (χ2v) is 11.2. The molecule has 3 heterocycles. The first-order valence-corrected chi connectivity index (χ1v) is 12.5. The third-order valence-corrected chi connectivity index (χ3v) is 7.17. The van der Waals surface area contributed by atoms with Crippen LogP contribution in [0.5, 0.6) is 0 Å². The summed E-state index contributed by atoms with van der Waals surface area (Å²) in [6, 6.07) is 19.8. The summed E-state index contributed by atoms with van der Waals surface area (Å²) in [7, 11) is 0. The summed E-state index contributed by atoms with van der Waals surface area (Å²) in [5.74, 6) is 0.589. The summed E-state index contributed by atoms with van der Waals surface area (Å²) in [6.45, 7) is 11.3. The van der Waals surface area contributed by atoms with Crippen LogP contribution in [0.25, 0.3) is 43.2 Å². The first kappa shape index (κ1) is 21.8. The van der Waals surface area contributed by atoms with Gasteiger partial charge in [-0.05, 0) is 75.4 Å². The fraction of sp³-hybridized carbons (Fsp3) is 0.267. The third kappa shape index (κ3) is 4.18. The summed E-state index contributed by atoms with van der Waals surface area (Å²) in [5, 5.41) is 6.04. The lowest BCUT2D eigenvalue weighted by Gasteiger charge is -2.22. The van der Waals surface area contributed by atoms with Crippen LogP contribution in [0.3, 0.4) is 0 Å². The number of aromatic nitrogens is 2. The molecule has 3 aromatic heterocycles. The van der Waals surface area contributed by atoms with E-state index in [0.29, 0.717) is 5.92 Å². The smallest absolute Gasteiger partial charge is 0.0708 e. The van der Waals surface area contributed by atoms with Crippen LogP contribution in [-0.2, 0) is 11.8 Å². The first-order valence-electron chi connectivity index (χ1n) is 11.7. The zero-order valence-corrected chi connectivity index (χ0v) is 20.8. The van der Waals surface area contributed by atoms with Gasteiger partial charge in [0.15, 0.2) is 0 Å². The topological polar surface area (TPSA) is 25.8 Å². The molecular weight excluding hydrogens is 420 g/mol. The number of benzene rings is 2. The largest absolute Gasteiger partial charge is 0.259 e. The van der Waals surface area contributed by atoms with E-state index < -0.39 is 0 Å². The van der Waals surface area contributed by atoms with Gasteiger partial charge in [0.1, 0.15) is 0 Å². The van der Waals surface area contributed by atoms with Crippen LogP contribution < -0.4 is 0 Å². The molecule has 0 atom stereocenters. The molecule has 3 heteroatoms. The van der Waals surface area contributed by atoms with Gasteiger partial charge in [0, 0.05) is 28.9 Å². The Balaban J connectivity index is 1.65. The SMILES string of the molecule is CC(C)Cc1ncc(-c2ccnc(-c3cc(C(C)(C)C)c4ccccc4c3)c2)c2ccsc12. The summed E-state index contributed by atoms with van der Waals surface area (Å²) in [5.41, 5.74) is 7.10.